The third-order valence-corrected chi connectivity index (χ3v) is 5.65. The van der Waals surface area contributed by atoms with Gasteiger partial charge < -0.3 is 39.0 Å². The lowest BCUT2D eigenvalue weighted by Gasteiger charge is -2.17. The van der Waals surface area contributed by atoms with Gasteiger partial charge in [0.05, 0.1) is 21.3 Å². The van der Waals surface area contributed by atoms with E-state index < -0.39 is 29.4 Å². The topological polar surface area (TPSA) is 158 Å². The zero-order valence-corrected chi connectivity index (χ0v) is 21.5. The molecule has 200 valence electrons. The molecular formula is C27H26O11. The zero-order chi connectivity index (χ0) is 28.3. The summed E-state index contributed by atoms with van der Waals surface area (Å²) in [6.45, 7) is 4.58. The molecule has 0 aliphatic carbocycles. The number of carboxylic acid groups (broad SMARTS) is 1. The van der Waals surface area contributed by atoms with Crippen molar-refractivity contribution in [1.82, 2.24) is 0 Å². The maximum atomic E-state index is 13.1. The van der Waals surface area contributed by atoms with E-state index in [0.717, 1.165) is 12.1 Å². The summed E-state index contributed by atoms with van der Waals surface area (Å²) in [6.07, 6.45) is 0. The maximum absolute atomic E-state index is 13.1. The summed E-state index contributed by atoms with van der Waals surface area (Å²) < 4.78 is 26.7. The average molecular weight is 526 g/mol. The summed E-state index contributed by atoms with van der Waals surface area (Å²) in [6, 6.07) is 6.26. The SMILES string of the molecule is COc1cc(C)c(C(=O)Oc2cc(C)c(C(=O)Oc3cc(C)c(C(=O)O)c(O)c3)c(O)c2)c(OC)c1OC. The molecule has 11 nitrogen and oxygen atoms in total. The average Bonchev–Trinajstić information content (AvgIpc) is 2.81. The van der Waals surface area contributed by atoms with Crippen LogP contribution in [-0.4, -0.2) is 54.6 Å². The number of hydrogen-bond donors (Lipinski definition) is 3. The Labute approximate surface area is 217 Å². The molecule has 0 saturated carbocycles. The minimum absolute atomic E-state index is 0.0583. The van der Waals surface area contributed by atoms with Gasteiger partial charge in [0.15, 0.2) is 11.5 Å². The van der Waals surface area contributed by atoms with E-state index in [2.05, 4.69) is 0 Å². The molecule has 38 heavy (non-hydrogen) atoms. The van der Waals surface area contributed by atoms with Crippen LogP contribution >= 0.6 is 0 Å². The van der Waals surface area contributed by atoms with E-state index in [4.69, 9.17) is 28.8 Å². The number of ether oxygens (including phenoxy) is 5. The quantitative estimate of drug-likeness (QED) is 0.285. The molecule has 0 unspecified atom stereocenters. The van der Waals surface area contributed by atoms with Crippen molar-refractivity contribution in [1.29, 1.82) is 0 Å². The van der Waals surface area contributed by atoms with E-state index in [9.17, 15) is 24.6 Å². The number of rotatable bonds is 8. The van der Waals surface area contributed by atoms with Crippen LogP contribution in [0.4, 0.5) is 0 Å². The van der Waals surface area contributed by atoms with Gasteiger partial charge in [0.25, 0.3) is 0 Å². The van der Waals surface area contributed by atoms with Gasteiger partial charge in [-0.05, 0) is 55.7 Å². The summed E-state index contributed by atoms with van der Waals surface area (Å²) in [5, 5.41) is 29.7. The van der Waals surface area contributed by atoms with Gasteiger partial charge in [-0.1, -0.05) is 0 Å². The molecule has 0 saturated heterocycles. The molecular weight excluding hydrogens is 500 g/mol. The van der Waals surface area contributed by atoms with E-state index >= 15 is 0 Å². The van der Waals surface area contributed by atoms with Crippen molar-refractivity contribution in [2.45, 2.75) is 20.8 Å². The lowest BCUT2D eigenvalue weighted by molar-refractivity contribution is 0.0689. The molecule has 0 spiro atoms. The van der Waals surface area contributed by atoms with Crippen LogP contribution < -0.4 is 23.7 Å². The molecule has 3 N–H and O–H groups in total. The van der Waals surface area contributed by atoms with Crippen molar-refractivity contribution in [3.05, 3.63) is 63.7 Å². The number of benzene rings is 3. The van der Waals surface area contributed by atoms with E-state index in [-0.39, 0.29) is 50.8 Å². The molecule has 0 heterocycles. The number of methoxy groups -OCH3 is 3. The highest BCUT2D eigenvalue weighted by molar-refractivity contribution is 5.99. The smallest absolute Gasteiger partial charge is 0.347 e. The summed E-state index contributed by atoms with van der Waals surface area (Å²) >= 11 is 0. The predicted octanol–water partition coefficient (Wildman–Crippen LogP) is 4.19. The van der Waals surface area contributed by atoms with Gasteiger partial charge in [-0.15, -0.1) is 0 Å². The minimum atomic E-state index is -1.34. The molecule has 0 aromatic heterocycles. The van der Waals surface area contributed by atoms with Crippen LogP contribution in [-0.2, 0) is 0 Å². The predicted molar refractivity (Wildman–Crippen MR) is 133 cm³/mol. The number of aryl methyl sites for hydroxylation is 3. The molecule has 3 aromatic rings. The lowest BCUT2D eigenvalue weighted by atomic mass is 10.1. The fourth-order valence-electron chi connectivity index (χ4n) is 3.98. The second-order valence-electron chi connectivity index (χ2n) is 8.19. The maximum Gasteiger partial charge on any atom is 0.347 e. The minimum Gasteiger partial charge on any atom is -0.507 e. The third-order valence-electron chi connectivity index (χ3n) is 5.65. The van der Waals surface area contributed by atoms with Crippen molar-refractivity contribution in [3.8, 4) is 40.2 Å². The van der Waals surface area contributed by atoms with E-state index in [1.54, 1.807) is 13.0 Å². The normalized spacial score (nSPS) is 10.5. The first kappa shape index (κ1) is 27.7. The fourth-order valence-corrected chi connectivity index (χ4v) is 3.98. The van der Waals surface area contributed by atoms with Crippen molar-refractivity contribution >= 4 is 17.9 Å². The van der Waals surface area contributed by atoms with Gasteiger partial charge in [0.2, 0.25) is 5.75 Å². The van der Waals surface area contributed by atoms with E-state index in [0.29, 0.717) is 11.3 Å². The summed E-state index contributed by atoms with van der Waals surface area (Å²) in [4.78, 5) is 37.1. The molecule has 0 amide bonds. The fraction of sp³-hybridized carbons (Fsp3) is 0.222. The highest BCUT2D eigenvalue weighted by Crippen LogP contribution is 2.42. The number of aromatic hydroxyl groups is 2. The summed E-state index contributed by atoms with van der Waals surface area (Å²) in [7, 11) is 4.20. The Kier molecular flexibility index (Phi) is 8.00. The largest absolute Gasteiger partial charge is 0.507 e. The molecule has 3 aromatic carbocycles. The van der Waals surface area contributed by atoms with Crippen LogP contribution in [0, 0.1) is 20.8 Å². The third kappa shape index (κ3) is 5.26. The highest BCUT2D eigenvalue weighted by atomic mass is 16.6. The van der Waals surface area contributed by atoms with Crippen LogP contribution in [0.2, 0.25) is 0 Å². The molecule has 0 atom stereocenters. The monoisotopic (exact) mass is 526 g/mol. The summed E-state index contributed by atoms with van der Waals surface area (Å²) in [5.74, 6) is -3.76. The molecule has 0 aliphatic rings. The Morgan fingerprint density at radius 3 is 1.47 bits per heavy atom. The van der Waals surface area contributed by atoms with Crippen molar-refractivity contribution in [3.63, 3.8) is 0 Å². The van der Waals surface area contributed by atoms with Crippen LogP contribution in [0.25, 0.3) is 0 Å². The van der Waals surface area contributed by atoms with Gasteiger partial charge >= 0.3 is 17.9 Å². The molecule has 0 radical (unpaired) electrons. The Morgan fingerprint density at radius 1 is 0.605 bits per heavy atom. The zero-order valence-electron chi connectivity index (χ0n) is 21.5. The number of phenolic OH excluding ortho intramolecular Hbond substituents is 1. The molecule has 0 fully saturated rings. The molecule has 3 rings (SSSR count). The first-order chi connectivity index (χ1) is 17.9. The van der Waals surface area contributed by atoms with Gasteiger partial charge in [0.1, 0.15) is 39.7 Å². The number of esters is 2. The van der Waals surface area contributed by atoms with Crippen LogP contribution in [0.1, 0.15) is 47.8 Å². The second kappa shape index (κ2) is 11.0. The molecule has 0 bridgehead atoms. The Bertz CT molecular complexity index is 1390. The van der Waals surface area contributed by atoms with E-state index in [1.807, 2.05) is 0 Å². The molecule has 11 heteroatoms. The first-order valence-electron chi connectivity index (χ1n) is 11.1. The van der Waals surface area contributed by atoms with Gasteiger partial charge in [-0.3, -0.25) is 0 Å². The summed E-state index contributed by atoms with van der Waals surface area (Å²) in [5.41, 5.74) is 0.408. The van der Waals surface area contributed by atoms with Crippen LogP contribution in [0.15, 0.2) is 30.3 Å². The van der Waals surface area contributed by atoms with Crippen LogP contribution in [0.5, 0.6) is 40.2 Å². The van der Waals surface area contributed by atoms with Gasteiger partial charge in [0, 0.05) is 12.1 Å². The Morgan fingerprint density at radius 2 is 1.05 bits per heavy atom. The van der Waals surface area contributed by atoms with Crippen molar-refractivity contribution in [2.75, 3.05) is 21.3 Å². The standard InChI is InChI=1S/C27H26O11/c1-12-7-15(10-17(28)20(12)25(30)31)37-26(32)21-13(2)8-16(11-18(21)29)38-27(33)22-14(3)9-19(34-4)23(35-5)24(22)36-6/h7-11,28-29H,1-6H3,(H,30,31). The molecule has 0 aliphatic heterocycles. The lowest BCUT2D eigenvalue weighted by Crippen LogP contribution is -2.14. The number of phenols is 2. The van der Waals surface area contributed by atoms with Crippen molar-refractivity contribution in [2.24, 2.45) is 0 Å². The van der Waals surface area contributed by atoms with E-state index in [1.165, 1.54) is 47.3 Å². The number of aromatic carboxylic acids is 1. The first-order valence-corrected chi connectivity index (χ1v) is 11.1. The number of carboxylic acids is 1. The van der Waals surface area contributed by atoms with Crippen molar-refractivity contribution < 1.29 is 53.4 Å². The van der Waals surface area contributed by atoms with Crippen LogP contribution in [0.3, 0.4) is 0 Å². The number of carbonyl (C=O) groups excluding carboxylic acids is 2. The Hall–Kier alpha value is -4.93. The number of carbonyl (C=O) groups is 3. The highest BCUT2D eigenvalue weighted by Gasteiger charge is 2.26. The Balaban J connectivity index is 1.90. The number of hydrogen-bond acceptors (Lipinski definition) is 10. The second-order valence-corrected chi connectivity index (χ2v) is 8.19. The van der Waals surface area contributed by atoms with Gasteiger partial charge in [-0.2, -0.15) is 0 Å². The van der Waals surface area contributed by atoms with Gasteiger partial charge in [-0.25, -0.2) is 14.4 Å².